The van der Waals surface area contributed by atoms with Gasteiger partial charge in [-0.25, -0.2) is 0 Å². The fourth-order valence-corrected chi connectivity index (χ4v) is 4.29. The van der Waals surface area contributed by atoms with Crippen molar-refractivity contribution in [3.63, 3.8) is 0 Å². The molecule has 0 aliphatic heterocycles. The predicted octanol–water partition coefficient (Wildman–Crippen LogP) is 2.98. The number of nitrogens with zero attached hydrogens (tertiary/aromatic N) is 5. The normalized spacial score (nSPS) is 16.0. The second-order valence-electron chi connectivity index (χ2n) is 8.29. The summed E-state index contributed by atoms with van der Waals surface area (Å²) < 4.78 is 7.26. The molecular formula is C23H29N5O2. The first-order chi connectivity index (χ1) is 14.4. The van der Waals surface area contributed by atoms with E-state index in [0.717, 1.165) is 41.8 Å². The Morgan fingerprint density at radius 1 is 1.23 bits per heavy atom. The molecule has 0 N–H and O–H groups in total. The molecule has 0 spiro atoms. The van der Waals surface area contributed by atoms with E-state index in [-0.39, 0.29) is 5.91 Å². The van der Waals surface area contributed by atoms with Crippen molar-refractivity contribution in [1.82, 2.24) is 24.7 Å². The highest BCUT2D eigenvalue weighted by atomic mass is 16.5. The van der Waals surface area contributed by atoms with Crippen LogP contribution in [0.25, 0.3) is 0 Å². The van der Waals surface area contributed by atoms with Gasteiger partial charge in [0.1, 0.15) is 0 Å². The summed E-state index contributed by atoms with van der Waals surface area (Å²) in [6, 6.07) is 12.3. The minimum Gasteiger partial charge on any atom is -0.360 e. The molecule has 1 unspecified atom stereocenters. The van der Waals surface area contributed by atoms with E-state index in [4.69, 9.17) is 4.52 Å². The lowest BCUT2D eigenvalue weighted by molar-refractivity contribution is 0.0776. The Morgan fingerprint density at radius 3 is 2.70 bits per heavy atom. The van der Waals surface area contributed by atoms with E-state index in [1.165, 1.54) is 5.69 Å². The zero-order chi connectivity index (χ0) is 21.3. The molecule has 2 aromatic heterocycles. The van der Waals surface area contributed by atoms with Gasteiger partial charge in [0.05, 0.1) is 12.2 Å². The van der Waals surface area contributed by atoms with Crippen LogP contribution in [0.2, 0.25) is 0 Å². The maximum absolute atomic E-state index is 13.2. The van der Waals surface area contributed by atoms with Gasteiger partial charge in [-0.3, -0.25) is 14.4 Å². The van der Waals surface area contributed by atoms with Crippen molar-refractivity contribution in [2.45, 2.75) is 45.3 Å². The van der Waals surface area contributed by atoms with Crippen LogP contribution in [0.15, 0.2) is 40.9 Å². The Bertz CT molecular complexity index is 1020. The molecule has 1 amide bonds. The molecule has 158 valence electrons. The van der Waals surface area contributed by atoms with E-state index in [1.54, 1.807) is 4.90 Å². The standard InChI is InChI=1S/C23H29N5O2/c1-16-12-19(30-25-16)15-26(2)18-10-11-21-20(13-18)22(24-28(21)4)23(29)27(3)14-17-8-6-5-7-9-17/h5-9,12,18H,10-11,13-15H2,1-4H3. The minimum absolute atomic E-state index is 0.0233. The Hall–Kier alpha value is -2.93. The maximum Gasteiger partial charge on any atom is 0.274 e. The highest BCUT2D eigenvalue weighted by Crippen LogP contribution is 2.28. The van der Waals surface area contributed by atoms with Crippen LogP contribution < -0.4 is 0 Å². The number of hydrogen-bond acceptors (Lipinski definition) is 5. The molecule has 1 atom stereocenters. The third-order valence-electron chi connectivity index (χ3n) is 5.95. The first kappa shape index (κ1) is 20.3. The van der Waals surface area contributed by atoms with E-state index in [1.807, 2.05) is 62.1 Å². The van der Waals surface area contributed by atoms with Gasteiger partial charge in [-0.05, 0) is 38.8 Å². The van der Waals surface area contributed by atoms with Gasteiger partial charge in [0.25, 0.3) is 5.91 Å². The van der Waals surface area contributed by atoms with Gasteiger partial charge in [-0.2, -0.15) is 5.10 Å². The summed E-state index contributed by atoms with van der Waals surface area (Å²) in [5.41, 5.74) is 4.84. The molecule has 1 aliphatic carbocycles. The summed E-state index contributed by atoms with van der Waals surface area (Å²) >= 11 is 0. The van der Waals surface area contributed by atoms with Gasteiger partial charge >= 0.3 is 0 Å². The Balaban J connectivity index is 1.50. The molecule has 0 saturated carbocycles. The van der Waals surface area contributed by atoms with Crippen molar-refractivity contribution in [2.24, 2.45) is 7.05 Å². The average molecular weight is 408 g/mol. The number of rotatable bonds is 6. The lowest BCUT2D eigenvalue weighted by Gasteiger charge is -2.31. The van der Waals surface area contributed by atoms with E-state index in [0.29, 0.717) is 24.8 Å². The molecule has 2 heterocycles. The van der Waals surface area contributed by atoms with Crippen LogP contribution in [0.4, 0.5) is 0 Å². The quantitative estimate of drug-likeness (QED) is 0.628. The molecule has 7 nitrogen and oxygen atoms in total. The lowest BCUT2D eigenvalue weighted by Crippen LogP contribution is -2.37. The molecule has 1 aromatic carbocycles. The number of benzene rings is 1. The SMILES string of the molecule is Cc1cc(CN(C)C2CCc3c(c(C(=O)N(C)Cc4ccccc4)nn3C)C2)on1. The smallest absolute Gasteiger partial charge is 0.274 e. The van der Waals surface area contributed by atoms with Gasteiger partial charge in [-0.15, -0.1) is 0 Å². The molecule has 0 radical (unpaired) electrons. The molecule has 0 fully saturated rings. The summed E-state index contributed by atoms with van der Waals surface area (Å²) in [5, 5.41) is 8.59. The van der Waals surface area contributed by atoms with E-state index in [2.05, 4.69) is 22.2 Å². The summed E-state index contributed by atoms with van der Waals surface area (Å²) in [6.07, 6.45) is 2.76. The fraction of sp³-hybridized carbons (Fsp3) is 0.435. The van der Waals surface area contributed by atoms with Crippen molar-refractivity contribution in [2.75, 3.05) is 14.1 Å². The van der Waals surface area contributed by atoms with Crippen molar-refractivity contribution in [3.05, 3.63) is 70.4 Å². The first-order valence-corrected chi connectivity index (χ1v) is 10.4. The Labute approximate surface area is 177 Å². The highest BCUT2D eigenvalue weighted by Gasteiger charge is 2.31. The van der Waals surface area contributed by atoms with Gasteiger partial charge in [-0.1, -0.05) is 35.5 Å². The third kappa shape index (κ3) is 4.16. The average Bonchev–Trinajstić information content (AvgIpc) is 3.30. The summed E-state index contributed by atoms with van der Waals surface area (Å²) in [7, 11) is 5.89. The summed E-state index contributed by atoms with van der Waals surface area (Å²) in [4.78, 5) is 17.3. The molecule has 7 heteroatoms. The monoisotopic (exact) mass is 407 g/mol. The van der Waals surface area contributed by atoms with Crippen LogP contribution in [-0.2, 0) is 33.0 Å². The number of aromatic nitrogens is 3. The van der Waals surface area contributed by atoms with Gasteiger partial charge < -0.3 is 9.42 Å². The van der Waals surface area contributed by atoms with E-state index >= 15 is 0 Å². The van der Waals surface area contributed by atoms with Gasteiger partial charge in [0, 0.05) is 44.0 Å². The van der Waals surface area contributed by atoms with Gasteiger partial charge in [0.2, 0.25) is 0 Å². The third-order valence-corrected chi connectivity index (χ3v) is 5.95. The Kier molecular flexibility index (Phi) is 5.72. The van der Waals surface area contributed by atoms with Crippen molar-refractivity contribution >= 4 is 5.91 Å². The van der Waals surface area contributed by atoms with Gasteiger partial charge in [0.15, 0.2) is 11.5 Å². The van der Waals surface area contributed by atoms with Crippen LogP contribution in [-0.4, -0.2) is 50.8 Å². The molecule has 4 rings (SSSR count). The van der Waals surface area contributed by atoms with Crippen LogP contribution >= 0.6 is 0 Å². The molecular weight excluding hydrogens is 378 g/mol. The van der Waals surface area contributed by atoms with Crippen LogP contribution in [0.1, 0.15) is 45.2 Å². The second-order valence-corrected chi connectivity index (χ2v) is 8.29. The van der Waals surface area contributed by atoms with Crippen LogP contribution in [0.5, 0.6) is 0 Å². The maximum atomic E-state index is 13.2. The summed E-state index contributed by atoms with van der Waals surface area (Å²) in [6.45, 7) is 3.21. The molecule has 0 saturated heterocycles. The largest absolute Gasteiger partial charge is 0.360 e. The number of carbonyl (C=O) groups is 1. The molecule has 1 aliphatic rings. The lowest BCUT2D eigenvalue weighted by atomic mass is 9.90. The van der Waals surface area contributed by atoms with E-state index in [9.17, 15) is 4.79 Å². The predicted molar refractivity (Wildman–Crippen MR) is 114 cm³/mol. The minimum atomic E-state index is -0.0233. The van der Waals surface area contributed by atoms with Crippen LogP contribution in [0.3, 0.4) is 0 Å². The zero-order valence-corrected chi connectivity index (χ0v) is 18.1. The summed E-state index contributed by atoms with van der Waals surface area (Å²) in [5.74, 6) is 0.843. The number of fused-ring (bicyclic) bond motifs is 1. The number of likely N-dealkylation sites (N-methyl/N-ethyl adjacent to an activating group) is 1. The topological polar surface area (TPSA) is 67.4 Å². The molecule has 0 bridgehead atoms. The fourth-order valence-electron chi connectivity index (χ4n) is 4.29. The number of hydrogen-bond donors (Lipinski definition) is 0. The number of aryl methyl sites for hydroxylation is 2. The molecule has 30 heavy (non-hydrogen) atoms. The first-order valence-electron chi connectivity index (χ1n) is 10.4. The zero-order valence-electron chi connectivity index (χ0n) is 18.1. The van der Waals surface area contributed by atoms with E-state index < -0.39 is 0 Å². The number of carbonyl (C=O) groups excluding carboxylic acids is 1. The van der Waals surface area contributed by atoms with Crippen molar-refractivity contribution in [1.29, 1.82) is 0 Å². The highest BCUT2D eigenvalue weighted by molar-refractivity contribution is 5.94. The van der Waals surface area contributed by atoms with Crippen LogP contribution in [0, 0.1) is 6.92 Å². The number of amides is 1. The van der Waals surface area contributed by atoms with Crippen molar-refractivity contribution in [3.8, 4) is 0 Å². The van der Waals surface area contributed by atoms with Crippen molar-refractivity contribution < 1.29 is 9.32 Å². The molecule has 3 aromatic rings. The second kappa shape index (κ2) is 8.44. The Morgan fingerprint density at radius 2 is 2.00 bits per heavy atom.